The summed E-state index contributed by atoms with van der Waals surface area (Å²) in [6.45, 7) is 5.44. The molecule has 0 saturated heterocycles. The molecule has 0 spiro atoms. The third kappa shape index (κ3) is 5.34. The third-order valence-electron chi connectivity index (χ3n) is 5.30. The van der Waals surface area contributed by atoms with E-state index in [-0.39, 0.29) is 0 Å². The number of nitrogens with one attached hydrogen (secondary N) is 1. The van der Waals surface area contributed by atoms with Crippen LogP contribution in [0.5, 0.6) is 17.2 Å². The van der Waals surface area contributed by atoms with Gasteiger partial charge >= 0.3 is 0 Å². The van der Waals surface area contributed by atoms with E-state index in [1.165, 1.54) is 0 Å². The van der Waals surface area contributed by atoms with Crippen LogP contribution in [0.1, 0.15) is 43.4 Å². The van der Waals surface area contributed by atoms with Gasteiger partial charge in [0.25, 0.3) is 0 Å². The SMILES string of the molecule is CCCCOc1ccc(C2=NNC(c3ccc(OC)cc3)=Nc3ccc(OCC)cc32)cc1. The number of ether oxygens (including phenoxy) is 3. The van der Waals surface area contributed by atoms with Crippen LogP contribution in [0.25, 0.3) is 0 Å². The highest BCUT2D eigenvalue weighted by Crippen LogP contribution is 2.30. The van der Waals surface area contributed by atoms with Gasteiger partial charge in [0, 0.05) is 16.7 Å². The van der Waals surface area contributed by atoms with Gasteiger partial charge in [-0.2, -0.15) is 5.10 Å². The van der Waals surface area contributed by atoms with Crippen LogP contribution in [0.4, 0.5) is 5.69 Å². The van der Waals surface area contributed by atoms with Gasteiger partial charge in [0.1, 0.15) is 23.0 Å². The van der Waals surface area contributed by atoms with Crippen LogP contribution in [0.3, 0.4) is 0 Å². The molecule has 0 aromatic heterocycles. The summed E-state index contributed by atoms with van der Waals surface area (Å²) in [6, 6.07) is 21.6. The first-order valence-electron chi connectivity index (χ1n) is 11.3. The fourth-order valence-electron chi connectivity index (χ4n) is 3.51. The zero-order valence-electron chi connectivity index (χ0n) is 19.3. The van der Waals surface area contributed by atoms with Crippen molar-refractivity contribution in [3.05, 3.63) is 83.4 Å². The second-order valence-electron chi connectivity index (χ2n) is 7.60. The number of rotatable bonds is 9. The first kappa shape index (κ1) is 22.4. The van der Waals surface area contributed by atoms with Gasteiger partial charge in [-0.15, -0.1) is 0 Å². The molecule has 0 amide bonds. The summed E-state index contributed by atoms with van der Waals surface area (Å²) in [7, 11) is 1.65. The standard InChI is InChI=1S/C27H29N3O3/c1-4-6-17-33-22-13-7-19(8-14-22)26-24-18-23(32-5-2)15-16-25(24)28-27(30-29-26)20-9-11-21(31-3)12-10-20/h7-16,18H,4-6,17H2,1-3H3,(H,28,30). The maximum Gasteiger partial charge on any atom is 0.154 e. The zero-order chi connectivity index (χ0) is 23.0. The smallest absolute Gasteiger partial charge is 0.154 e. The van der Waals surface area contributed by atoms with Gasteiger partial charge in [0.15, 0.2) is 5.84 Å². The predicted molar refractivity (Wildman–Crippen MR) is 132 cm³/mol. The van der Waals surface area contributed by atoms with Crippen molar-refractivity contribution in [1.29, 1.82) is 0 Å². The Balaban J connectivity index is 1.70. The molecule has 1 aliphatic rings. The maximum absolute atomic E-state index is 5.82. The molecule has 1 aliphatic heterocycles. The molecular weight excluding hydrogens is 414 g/mol. The molecule has 6 nitrogen and oxygen atoms in total. The molecule has 0 aliphatic carbocycles. The molecule has 3 aromatic carbocycles. The summed E-state index contributed by atoms with van der Waals surface area (Å²) in [4.78, 5) is 4.88. The fraction of sp³-hybridized carbons (Fsp3) is 0.259. The highest BCUT2D eigenvalue weighted by molar-refractivity contribution is 6.18. The topological polar surface area (TPSA) is 64.4 Å². The van der Waals surface area contributed by atoms with Gasteiger partial charge in [0.2, 0.25) is 0 Å². The minimum Gasteiger partial charge on any atom is -0.497 e. The van der Waals surface area contributed by atoms with E-state index in [4.69, 9.17) is 24.3 Å². The average Bonchev–Trinajstić information content (AvgIpc) is 3.04. The Labute approximate surface area is 194 Å². The second kappa shape index (κ2) is 10.7. The number of hydrogen-bond acceptors (Lipinski definition) is 6. The van der Waals surface area contributed by atoms with Crippen LogP contribution >= 0.6 is 0 Å². The largest absolute Gasteiger partial charge is 0.497 e. The van der Waals surface area contributed by atoms with E-state index in [2.05, 4.69) is 12.3 Å². The molecule has 6 heteroatoms. The number of aliphatic imine (C=N–C) groups is 1. The molecule has 0 atom stereocenters. The van der Waals surface area contributed by atoms with Crippen molar-refractivity contribution in [3.63, 3.8) is 0 Å². The van der Waals surface area contributed by atoms with E-state index < -0.39 is 0 Å². The number of methoxy groups -OCH3 is 1. The molecule has 33 heavy (non-hydrogen) atoms. The number of hydrogen-bond donors (Lipinski definition) is 1. The van der Waals surface area contributed by atoms with Gasteiger partial charge in [-0.3, -0.25) is 5.43 Å². The van der Waals surface area contributed by atoms with Gasteiger partial charge in [-0.1, -0.05) is 13.3 Å². The fourth-order valence-corrected chi connectivity index (χ4v) is 3.51. The monoisotopic (exact) mass is 443 g/mol. The van der Waals surface area contributed by atoms with Crippen molar-refractivity contribution in [2.75, 3.05) is 20.3 Å². The second-order valence-corrected chi connectivity index (χ2v) is 7.60. The molecule has 0 unspecified atom stereocenters. The van der Waals surface area contributed by atoms with Crippen LogP contribution < -0.4 is 19.6 Å². The van der Waals surface area contributed by atoms with Crippen molar-refractivity contribution in [3.8, 4) is 17.2 Å². The number of hydrazone groups is 1. The summed E-state index contributed by atoms with van der Waals surface area (Å²) in [6.07, 6.45) is 2.15. The number of unbranched alkanes of at least 4 members (excludes halogenated alkanes) is 1. The first-order chi connectivity index (χ1) is 16.2. The van der Waals surface area contributed by atoms with E-state index in [1.54, 1.807) is 7.11 Å². The normalized spacial score (nSPS) is 12.6. The van der Waals surface area contributed by atoms with Crippen LogP contribution in [0.15, 0.2) is 76.8 Å². The Hall–Kier alpha value is -3.80. The van der Waals surface area contributed by atoms with E-state index in [9.17, 15) is 0 Å². The van der Waals surface area contributed by atoms with Crippen molar-refractivity contribution >= 4 is 17.2 Å². The minimum absolute atomic E-state index is 0.591. The van der Waals surface area contributed by atoms with Crippen molar-refractivity contribution in [2.24, 2.45) is 10.1 Å². The van der Waals surface area contributed by atoms with Crippen molar-refractivity contribution in [2.45, 2.75) is 26.7 Å². The molecule has 3 aromatic rings. The van der Waals surface area contributed by atoms with Crippen LogP contribution in [-0.2, 0) is 0 Å². The van der Waals surface area contributed by atoms with Crippen LogP contribution in [0, 0.1) is 0 Å². The van der Waals surface area contributed by atoms with Crippen LogP contribution in [0.2, 0.25) is 0 Å². The highest BCUT2D eigenvalue weighted by Gasteiger charge is 2.18. The lowest BCUT2D eigenvalue weighted by Gasteiger charge is -2.11. The lowest BCUT2D eigenvalue weighted by molar-refractivity contribution is 0.309. The van der Waals surface area contributed by atoms with Gasteiger partial charge in [-0.05, 0) is 80.1 Å². The summed E-state index contributed by atoms with van der Waals surface area (Å²) in [5, 5.41) is 4.75. The summed E-state index contributed by atoms with van der Waals surface area (Å²) in [5.41, 5.74) is 7.55. The number of amidine groups is 1. The number of fused-ring (bicyclic) bond motifs is 1. The van der Waals surface area contributed by atoms with E-state index >= 15 is 0 Å². The van der Waals surface area contributed by atoms with Crippen molar-refractivity contribution in [1.82, 2.24) is 5.43 Å². The lowest BCUT2D eigenvalue weighted by atomic mass is 10.0. The molecule has 1 N–H and O–H groups in total. The van der Waals surface area contributed by atoms with E-state index in [0.717, 1.165) is 64.8 Å². The molecular formula is C27H29N3O3. The van der Waals surface area contributed by atoms with Gasteiger partial charge in [-0.25, -0.2) is 4.99 Å². The molecule has 170 valence electrons. The molecule has 4 rings (SSSR count). The Morgan fingerprint density at radius 1 is 0.788 bits per heavy atom. The lowest BCUT2D eigenvalue weighted by Crippen LogP contribution is -2.19. The summed E-state index contributed by atoms with van der Waals surface area (Å²) >= 11 is 0. The molecule has 0 radical (unpaired) electrons. The first-order valence-corrected chi connectivity index (χ1v) is 11.3. The third-order valence-corrected chi connectivity index (χ3v) is 5.30. The molecule has 0 bridgehead atoms. The summed E-state index contributed by atoms with van der Waals surface area (Å²) in [5.74, 6) is 3.09. The highest BCUT2D eigenvalue weighted by atomic mass is 16.5. The number of benzene rings is 3. The Morgan fingerprint density at radius 3 is 2.18 bits per heavy atom. The Bertz CT molecular complexity index is 1140. The van der Waals surface area contributed by atoms with Gasteiger partial charge < -0.3 is 14.2 Å². The Kier molecular flexibility index (Phi) is 7.25. The molecule has 1 heterocycles. The maximum atomic E-state index is 5.82. The zero-order valence-corrected chi connectivity index (χ0v) is 19.3. The molecule has 0 fully saturated rings. The minimum atomic E-state index is 0.591. The summed E-state index contributed by atoms with van der Waals surface area (Å²) < 4.78 is 16.8. The van der Waals surface area contributed by atoms with Crippen molar-refractivity contribution < 1.29 is 14.2 Å². The van der Waals surface area contributed by atoms with E-state index in [0.29, 0.717) is 12.4 Å². The Morgan fingerprint density at radius 2 is 1.48 bits per heavy atom. The average molecular weight is 444 g/mol. The van der Waals surface area contributed by atoms with Gasteiger partial charge in [0.05, 0.1) is 26.0 Å². The predicted octanol–water partition coefficient (Wildman–Crippen LogP) is 5.71. The quantitative estimate of drug-likeness (QED) is 0.431. The number of nitrogens with zero attached hydrogens (tertiary/aromatic N) is 2. The van der Waals surface area contributed by atoms with Crippen LogP contribution in [-0.4, -0.2) is 31.9 Å². The molecule has 0 saturated carbocycles. The van der Waals surface area contributed by atoms with E-state index in [1.807, 2.05) is 73.7 Å².